The number of benzene rings is 2. The van der Waals surface area contributed by atoms with Crippen molar-refractivity contribution in [2.45, 2.75) is 6.42 Å². The van der Waals surface area contributed by atoms with E-state index in [-0.39, 0.29) is 0 Å². The van der Waals surface area contributed by atoms with E-state index in [1.165, 1.54) is 0 Å². The maximum Gasteiger partial charge on any atom is 0.0638 e. The van der Waals surface area contributed by atoms with Crippen molar-refractivity contribution in [3.05, 3.63) is 57.6 Å². The van der Waals surface area contributed by atoms with Gasteiger partial charge in [-0.1, -0.05) is 35.3 Å². The Hall–Kier alpha value is -1.38. The van der Waals surface area contributed by atoms with Gasteiger partial charge in [-0.2, -0.15) is 0 Å². The summed E-state index contributed by atoms with van der Waals surface area (Å²) in [7, 11) is 0. The van der Waals surface area contributed by atoms with Crippen LogP contribution in [0.1, 0.15) is 11.1 Å². The number of hydrogen-bond donors (Lipinski definition) is 2. The second-order valence-electron chi connectivity index (χ2n) is 3.88. The Labute approximate surface area is 110 Å². The van der Waals surface area contributed by atoms with E-state index in [1.807, 2.05) is 24.3 Å². The summed E-state index contributed by atoms with van der Waals surface area (Å²) >= 11 is 12.1. The largest absolute Gasteiger partial charge is 0.399 e. The summed E-state index contributed by atoms with van der Waals surface area (Å²) in [6, 6.07) is 11.1. The molecule has 0 atom stereocenters. The standard InChI is InChI=1S/C13H12Cl2N2/c14-11-7-10(16)3-2-9(11)5-8-1-4-13(17)12(15)6-8/h1-4,6-7H,5,16-17H2. The number of hydrogen-bond acceptors (Lipinski definition) is 2. The number of anilines is 2. The molecule has 0 amide bonds. The zero-order chi connectivity index (χ0) is 12.4. The van der Waals surface area contributed by atoms with Gasteiger partial charge in [0.15, 0.2) is 0 Å². The number of halogens is 2. The van der Waals surface area contributed by atoms with Crippen LogP contribution in [0.3, 0.4) is 0 Å². The topological polar surface area (TPSA) is 52.0 Å². The Balaban J connectivity index is 2.28. The quantitative estimate of drug-likeness (QED) is 0.814. The lowest BCUT2D eigenvalue weighted by Crippen LogP contribution is -1.93. The predicted octanol–water partition coefficient (Wildman–Crippen LogP) is 3.75. The van der Waals surface area contributed by atoms with Gasteiger partial charge in [-0.05, 0) is 41.8 Å². The van der Waals surface area contributed by atoms with E-state index >= 15 is 0 Å². The molecule has 2 aromatic carbocycles. The zero-order valence-electron chi connectivity index (χ0n) is 9.08. The van der Waals surface area contributed by atoms with Gasteiger partial charge in [-0.3, -0.25) is 0 Å². The van der Waals surface area contributed by atoms with E-state index in [0.717, 1.165) is 11.1 Å². The van der Waals surface area contributed by atoms with E-state index in [1.54, 1.807) is 12.1 Å². The van der Waals surface area contributed by atoms with Crippen LogP contribution >= 0.6 is 23.2 Å². The Morgan fingerprint density at radius 3 is 2.29 bits per heavy atom. The van der Waals surface area contributed by atoms with Crippen molar-refractivity contribution in [3.8, 4) is 0 Å². The SMILES string of the molecule is Nc1ccc(Cc2ccc(N)c(Cl)c2)c(Cl)c1. The highest BCUT2D eigenvalue weighted by Gasteiger charge is 2.04. The van der Waals surface area contributed by atoms with Crippen molar-refractivity contribution in [2.24, 2.45) is 0 Å². The van der Waals surface area contributed by atoms with Gasteiger partial charge in [0.1, 0.15) is 0 Å². The van der Waals surface area contributed by atoms with Crippen LogP contribution in [0.15, 0.2) is 36.4 Å². The van der Waals surface area contributed by atoms with Crippen molar-refractivity contribution in [1.82, 2.24) is 0 Å². The molecule has 0 spiro atoms. The molecule has 0 aliphatic heterocycles. The molecule has 2 nitrogen and oxygen atoms in total. The van der Waals surface area contributed by atoms with E-state index in [9.17, 15) is 0 Å². The third-order valence-corrected chi connectivity index (χ3v) is 3.22. The lowest BCUT2D eigenvalue weighted by molar-refractivity contribution is 1.19. The van der Waals surface area contributed by atoms with Crippen LogP contribution in [-0.4, -0.2) is 0 Å². The lowest BCUT2D eigenvalue weighted by Gasteiger charge is -2.07. The maximum atomic E-state index is 6.11. The summed E-state index contributed by atoms with van der Waals surface area (Å²) in [4.78, 5) is 0. The summed E-state index contributed by atoms with van der Waals surface area (Å²) < 4.78 is 0. The molecule has 0 aliphatic carbocycles. The predicted molar refractivity (Wildman–Crippen MR) is 74.5 cm³/mol. The lowest BCUT2D eigenvalue weighted by atomic mass is 10.0. The molecule has 88 valence electrons. The minimum atomic E-state index is 0.564. The average Bonchev–Trinajstić information content (AvgIpc) is 2.27. The van der Waals surface area contributed by atoms with Crippen LogP contribution in [0.4, 0.5) is 11.4 Å². The molecule has 0 saturated heterocycles. The van der Waals surface area contributed by atoms with Crippen molar-refractivity contribution in [1.29, 1.82) is 0 Å². The Bertz CT molecular complexity index is 553. The second kappa shape index (κ2) is 4.86. The Morgan fingerprint density at radius 1 is 0.882 bits per heavy atom. The van der Waals surface area contributed by atoms with Crippen LogP contribution in [-0.2, 0) is 6.42 Å². The highest BCUT2D eigenvalue weighted by atomic mass is 35.5. The molecule has 0 bridgehead atoms. The molecule has 0 aromatic heterocycles. The first-order chi connectivity index (χ1) is 8.06. The monoisotopic (exact) mass is 266 g/mol. The molecule has 0 fully saturated rings. The molecule has 0 unspecified atom stereocenters. The first kappa shape index (κ1) is 12.1. The minimum Gasteiger partial charge on any atom is -0.399 e. The van der Waals surface area contributed by atoms with Gasteiger partial charge in [0.2, 0.25) is 0 Å². The Kier molecular flexibility index (Phi) is 3.46. The van der Waals surface area contributed by atoms with Crippen molar-refractivity contribution in [2.75, 3.05) is 11.5 Å². The molecule has 17 heavy (non-hydrogen) atoms. The highest BCUT2D eigenvalue weighted by Crippen LogP contribution is 2.25. The van der Waals surface area contributed by atoms with Gasteiger partial charge in [-0.15, -0.1) is 0 Å². The minimum absolute atomic E-state index is 0.564. The number of nitrogens with two attached hydrogens (primary N) is 2. The first-order valence-corrected chi connectivity index (χ1v) is 5.89. The summed E-state index contributed by atoms with van der Waals surface area (Å²) in [5.74, 6) is 0. The first-order valence-electron chi connectivity index (χ1n) is 5.14. The zero-order valence-corrected chi connectivity index (χ0v) is 10.6. The van der Waals surface area contributed by atoms with E-state index in [0.29, 0.717) is 27.8 Å². The smallest absolute Gasteiger partial charge is 0.0638 e. The molecule has 0 aliphatic rings. The van der Waals surface area contributed by atoms with Gasteiger partial charge in [-0.25, -0.2) is 0 Å². The van der Waals surface area contributed by atoms with Crippen molar-refractivity contribution in [3.63, 3.8) is 0 Å². The van der Waals surface area contributed by atoms with Crippen LogP contribution in [0.5, 0.6) is 0 Å². The molecular weight excluding hydrogens is 255 g/mol. The van der Waals surface area contributed by atoms with Crippen LogP contribution in [0, 0.1) is 0 Å². The molecule has 0 radical (unpaired) electrons. The normalized spacial score (nSPS) is 10.5. The molecule has 4 heteroatoms. The van der Waals surface area contributed by atoms with E-state index in [4.69, 9.17) is 34.7 Å². The fourth-order valence-corrected chi connectivity index (χ4v) is 2.07. The molecule has 2 aromatic rings. The van der Waals surface area contributed by atoms with Gasteiger partial charge >= 0.3 is 0 Å². The van der Waals surface area contributed by atoms with Crippen molar-refractivity contribution < 1.29 is 0 Å². The number of nitrogen functional groups attached to an aromatic ring is 2. The number of rotatable bonds is 2. The fourth-order valence-electron chi connectivity index (χ4n) is 1.61. The summed E-state index contributed by atoms with van der Waals surface area (Å²) in [6.45, 7) is 0. The van der Waals surface area contributed by atoms with Gasteiger partial charge in [0, 0.05) is 10.7 Å². The van der Waals surface area contributed by atoms with Gasteiger partial charge in [0.25, 0.3) is 0 Å². The highest BCUT2D eigenvalue weighted by molar-refractivity contribution is 6.33. The third kappa shape index (κ3) is 2.84. The summed E-state index contributed by atoms with van der Waals surface area (Å²) in [6.07, 6.45) is 0.707. The van der Waals surface area contributed by atoms with Crippen LogP contribution in [0.2, 0.25) is 10.0 Å². The summed E-state index contributed by atoms with van der Waals surface area (Å²) in [5.41, 5.74) is 14.6. The van der Waals surface area contributed by atoms with E-state index in [2.05, 4.69) is 0 Å². The van der Waals surface area contributed by atoms with Crippen molar-refractivity contribution >= 4 is 34.6 Å². The third-order valence-electron chi connectivity index (χ3n) is 2.54. The maximum absolute atomic E-state index is 6.11. The second-order valence-corrected chi connectivity index (χ2v) is 4.70. The van der Waals surface area contributed by atoms with Crippen LogP contribution < -0.4 is 11.5 Å². The van der Waals surface area contributed by atoms with Gasteiger partial charge < -0.3 is 11.5 Å². The molecule has 0 heterocycles. The van der Waals surface area contributed by atoms with Gasteiger partial charge in [0.05, 0.1) is 10.7 Å². The molecular formula is C13H12Cl2N2. The van der Waals surface area contributed by atoms with Crippen LogP contribution in [0.25, 0.3) is 0 Å². The molecule has 2 rings (SSSR count). The molecule has 4 N–H and O–H groups in total. The van der Waals surface area contributed by atoms with E-state index < -0.39 is 0 Å². The Morgan fingerprint density at radius 2 is 1.65 bits per heavy atom. The fraction of sp³-hybridized carbons (Fsp3) is 0.0769. The molecule has 0 saturated carbocycles. The average molecular weight is 267 g/mol. The summed E-state index contributed by atoms with van der Waals surface area (Å²) in [5, 5.41) is 1.23.